The van der Waals surface area contributed by atoms with Crippen molar-refractivity contribution in [1.82, 2.24) is 0 Å². The molecule has 0 amide bonds. The van der Waals surface area contributed by atoms with E-state index in [2.05, 4.69) is 21.3 Å². The summed E-state index contributed by atoms with van der Waals surface area (Å²) < 4.78 is 43.2. The molecule has 0 fully saturated rings. The third-order valence-electron chi connectivity index (χ3n) is 3.79. The highest BCUT2D eigenvalue weighted by Gasteiger charge is 2.22. The van der Waals surface area contributed by atoms with Gasteiger partial charge in [-0.2, -0.15) is 0 Å². The van der Waals surface area contributed by atoms with Gasteiger partial charge in [-0.3, -0.25) is 9.52 Å². The zero-order valence-corrected chi connectivity index (χ0v) is 17.7. The van der Waals surface area contributed by atoms with E-state index in [1.807, 2.05) is 0 Å². The summed E-state index contributed by atoms with van der Waals surface area (Å²) in [5.74, 6) is 5.80. The van der Waals surface area contributed by atoms with Crippen LogP contribution in [0.3, 0.4) is 0 Å². The van der Waals surface area contributed by atoms with Gasteiger partial charge in [0, 0.05) is 17.5 Å². The molecule has 0 radical (unpaired) electrons. The summed E-state index contributed by atoms with van der Waals surface area (Å²) in [6.07, 6.45) is 0.390. The number of nitrogens with one attached hydrogen (secondary N) is 1. The van der Waals surface area contributed by atoms with E-state index in [4.69, 9.17) is 21.1 Å². The van der Waals surface area contributed by atoms with Crippen LogP contribution in [0.1, 0.15) is 18.4 Å². The second-order valence-electron chi connectivity index (χ2n) is 5.69. The Kier molecular flexibility index (Phi) is 7.76. The Hall–Kier alpha value is -2.89. The highest BCUT2D eigenvalue weighted by molar-refractivity contribution is 7.92. The average Bonchev–Trinajstić information content (AvgIpc) is 2.72. The first-order valence-electron chi connectivity index (χ1n) is 8.40. The van der Waals surface area contributed by atoms with Gasteiger partial charge in [-0.1, -0.05) is 23.4 Å². The number of ether oxygens (including phenoxy) is 3. The lowest BCUT2D eigenvalue weighted by atomic mass is 10.2. The molecule has 29 heavy (non-hydrogen) atoms. The topological polar surface area (TPSA) is 90.9 Å². The summed E-state index contributed by atoms with van der Waals surface area (Å²) in [5, 5.41) is 0.393. The summed E-state index contributed by atoms with van der Waals surface area (Å²) >= 11 is 6.02. The van der Waals surface area contributed by atoms with Crippen LogP contribution >= 0.6 is 11.6 Å². The standard InChI is InChI=1S/C20H20ClNO6S/c1-26-16-9-11-18(27-2)19(13-16)29(24,25)22-17-10-8-15(21)12-14(17)6-4-5-7-20(23)28-3/h8-13,22H,5,7H2,1-3H3. The van der Waals surface area contributed by atoms with Crippen LogP contribution < -0.4 is 14.2 Å². The van der Waals surface area contributed by atoms with Crippen molar-refractivity contribution in [3.63, 3.8) is 0 Å². The van der Waals surface area contributed by atoms with Gasteiger partial charge in [0.05, 0.1) is 39.0 Å². The Morgan fingerprint density at radius 2 is 1.86 bits per heavy atom. The maximum atomic E-state index is 13.0. The second kappa shape index (κ2) is 10.0. The molecule has 0 aliphatic rings. The van der Waals surface area contributed by atoms with Gasteiger partial charge in [0.25, 0.3) is 10.0 Å². The molecule has 9 heteroatoms. The van der Waals surface area contributed by atoms with Crippen molar-refractivity contribution in [3.05, 3.63) is 47.0 Å². The predicted molar refractivity (Wildman–Crippen MR) is 110 cm³/mol. The lowest BCUT2D eigenvalue weighted by molar-refractivity contribution is -0.140. The van der Waals surface area contributed by atoms with Crippen molar-refractivity contribution >= 4 is 33.3 Å². The number of anilines is 1. The molecule has 2 aromatic rings. The van der Waals surface area contributed by atoms with Crippen LogP contribution in [0.4, 0.5) is 5.69 Å². The minimum absolute atomic E-state index is 0.0844. The van der Waals surface area contributed by atoms with Crippen LogP contribution in [0.15, 0.2) is 41.3 Å². The smallest absolute Gasteiger partial charge is 0.306 e. The lowest BCUT2D eigenvalue weighted by Crippen LogP contribution is -2.15. The zero-order valence-electron chi connectivity index (χ0n) is 16.1. The molecule has 0 heterocycles. The number of benzene rings is 2. The van der Waals surface area contributed by atoms with Gasteiger partial charge in [-0.25, -0.2) is 8.42 Å². The first kappa shape index (κ1) is 22.4. The monoisotopic (exact) mass is 437 g/mol. The number of rotatable bonds is 7. The van der Waals surface area contributed by atoms with Crippen LogP contribution in [0, 0.1) is 11.8 Å². The van der Waals surface area contributed by atoms with Gasteiger partial charge in [-0.15, -0.1) is 0 Å². The van der Waals surface area contributed by atoms with E-state index >= 15 is 0 Å². The van der Waals surface area contributed by atoms with E-state index in [0.717, 1.165) is 0 Å². The van der Waals surface area contributed by atoms with Crippen LogP contribution in [0.25, 0.3) is 0 Å². The minimum Gasteiger partial charge on any atom is -0.497 e. The number of halogens is 1. The number of carbonyl (C=O) groups is 1. The molecule has 0 bridgehead atoms. The zero-order chi connectivity index (χ0) is 21.4. The Labute approximate surface area is 175 Å². The summed E-state index contributed by atoms with van der Waals surface area (Å²) in [6.45, 7) is 0. The Morgan fingerprint density at radius 3 is 2.52 bits per heavy atom. The third-order valence-corrected chi connectivity index (χ3v) is 5.41. The number of methoxy groups -OCH3 is 3. The number of carbonyl (C=O) groups excluding carboxylic acids is 1. The molecule has 0 aliphatic heterocycles. The fraction of sp³-hybridized carbons (Fsp3) is 0.250. The predicted octanol–water partition coefficient (Wildman–Crippen LogP) is 3.46. The molecule has 0 saturated carbocycles. The second-order valence-corrected chi connectivity index (χ2v) is 7.78. The number of hydrogen-bond acceptors (Lipinski definition) is 6. The van der Waals surface area contributed by atoms with E-state index in [0.29, 0.717) is 16.3 Å². The van der Waals surface area contributed by atoms with Crippen molar-refractivity contribution in [3.8, 4) is 23.3 Å². The quantitative estimate of drug-likeness (QED) is 0.527. The summed E-state index contributed by atoms with van der Waals surface area (Å²) in [7, 11) is 0.0998. The number of hydrogen-bond donors (Lipinski definition) is 1. The van der Waals surface area contributed by atoms with E-state index in [1.54, 1.807) is 12.1 Å². The van der Waals surface area contributed by atoms with E-state index < -0.39 is 10.0 Å². The van der Waals surface area contributed by atoms with E-state index in [-0.39, 0.29) is 35.1 Å². The first-order valence-corrected chi connectivity index (χ1v) is 10.3. The van der Waals surface area contributed by atoms with Crippen LogP contribution in [0.2, 0.25) is 5.02 Å². The molecular weight excluding hydrogens is 418 g/mol. The maximum Gasteiger partial charge on any atom is 0.306 e. The molecule has 1 N–H and O–H groups in total. The molecular formula is C20H20ClNO6S. The van der Waals surface area contributed by atoms with Gasteiger partial charge >= 0.3 is 5.97 Å². The van der Waals surface area contributed by atoms with Crippen LogP contribution in [-0.2, 0) is 19.6 Å². The minimum atomic E-state index is -4.01. The highest BCUT2D eigenvalue weighted by atomic mass is 35.5. The molecule has 2 aromatic carbocycles. The largest absolute Gasteiger partial charge is 0.497 e. The molecule has 0 spiro atoms. The Bertz CT molecular complexity index is 1060. The molecule has 154 valence electrons. The summed E-state index contributed by atoms with van der Waals surface area (Å²) in [5.41, 5.74) is 0.609. The lowest BCUT2D eigenvalue weighted by Gasteiger charge is -2.14. The first-order chi connectivity index (χ1) is 13.8. The fourth-order valence-corrected chi connectivity index (χ4v) is 3.76. The summed E-state index contributed by atoms with van der Waals surface area (Å²) in [4.78, 5) is 11.1. The molecule has 2 rings (SSSR count). The van der Waals surface area contributed by atoms with Gasteiger partial charge in [0.2, 0.25) is 0 Å². The molecule has 0 saturated heterocycles. The SMILES string of the molecule is COC(=O)CCC#Cc1cc(Cl)ccc1NS(=O)(=O)c1cc(OC)ccc1OC. The maximum absolute atomic E-state index is 13.0. The van der Waals surface area contributed by atoms with Crippen molar-refractivity contribution in [2.24, 2.45) is 0 Å². The van der Waals surface area contributed by atoms with Crippen molar-refractivity contribution in [1.29, 1.82) is 0 Å². The van der Waals surface area contributed by atoms with E-state index in [1.165, 1.54) is 45.6 Å². The van der Waals surface area contributed by atoms with Gasteiger partial charge in [0.1, 0.15) is 16.4 Å². The summed E-state index contributed by atoms with van der Waals surface area (Å²) in [6, 6.07) is 9.05. The van der Waals surface area contributed by atoms with Crippen molar-refractivity contribution < 1.29 is 27.4 Å². The molecule has 0 aromatic heterocycles. The Morgan fingerprint density at radius 1 is 1.10 bits per heavy atom. The number of sulfonamides is 1. The molecule has 0 atom stereocenters. The van der Waals surface area contributed by atoms with Gasteiger partial charge < -0.3 is 14.2 Å². The highest BCUT2D eigenvalue weighted by Crippen LogP contribution is 2.31. The normalized spacial score (nSPS) is 10.5. The average molecular weight is 438 g/mol. The fourth-order valence-electron chi connectivity index (χ4n) is 2.33. The Balaban J connectivity index is 2.36. The van der Waals surface area contributed by atoms with Crippen molar-refractivity contribution in [2.45, 2.75) is 17.7 Å². The van der Waals surface area contributed by atoms with Crippen LogP contribution in [0.5, 0.6) is 11.5 Å². The van der Waals surface area contributed by atoms with Crippen LogP contribution in [-0.4, -0.2) is 35.7 Å². The third kappa shape index (κ3) is 6.04. The number of esters is 1. The van der Waals surface area contributed by atoms with Gasteiger partial charge in [-0.05, 0) is 30.3 Å². The van der Waals surface area contributed by atoms with E-state index in [9.17, 15) is 13.2 Å². The molecule has 0 aliphatic carbocycles. The molecule has 0 unspecified atom stereocenters. The van der Waals surface area contributed by atoms with Gasteiger partial charge in [0.15, 0.2) is 0 Å². The van der Waals surface area contributed by atoms with Crippen molar-refractivity contribution in [2.75, 3.05) is 26.1 Å². The molecule has 7 nitrogen and oxygen atoms in total.